The minimum Gasteiger partial charge on any atom is -0.310 e. The summed E-state index contributed by atoms with van der Waals surface area (Å²) in [5.74, 6) is -3.71. The molecule has 0 saturated heterocycles. The first kappa shape index (κ1) is 45.1. The van der Waals surface area contributed by atoms with Gasteiger partial charge >= 0.3 is 0 Å². The van der Waals surface area contributed by atoms with Crippen molar-refractivity contribution in [3.05, 3.63) is 316 Å². The lowest BCUT2D eigenvalue weighted by atomic mass is 9.67. The van der Waals surface area contributed by atoms with Crippen LogP contribution in [0.25, 0.3) is 45.5 Å². The third kappa shape index (κ3) is 6.29. The SMILES string of the molecule is C=Cc1ccc(C2(c3ccc(F)c(F)c3)c3ccccc3-c3ccc(N(c4ccc5c(c4)C(C)(C)c4ccccc4-5)c4ccc5c(c4)C(c4ccc(C=C)cc4)(c4ccc(F)c(F)c4)c4ccccc4-5)cc32)cc1. The number of benzene rings is 10. The molecule has 0 N–H and O–H groups in total. The third-order valence-electron chi connectivity index (χ3n) is 16.3. The quantitative estimate of drug-likeness (QED) is 0.130. The van der Waals surface area contributed by atoms with Crippen LogP contribution in [-0.4, -0.2) is 0 Å². The maximum atomic E-state index is 15.9. The Balaban J connectivity index is 1.11. The minimum atomic E-state index is -1.08. The molecular formula is C69H47F4N. The molecule has 74 heavy (non-hydrogen) atoms. The Morgan fingerprint density at radius 2 is 0.662 bits per heavy atom. The van der Waals surface area contributed by atoms with Gasteiger partial charge in [-0.15, -0.1) is 0 Å². The highest BCUT2D eigenvalue weighted by molar-refractivity contribution is 5.93. The second-order valence-corrected chi connectivity index (χ2v) is 20.2. The van der Waals surface area contributed by atoms with Gasteiger partial charge in [0.2, 0.25) is 0 Å². The number of fused-ring (bicyclic) bond motifs is 9. The molecule has 0 aromatic heterocycles. The lowest BCUT2D eigenvalue weighted by Gasteiger charge is -2.36. The molecule has 0 amide bonds. The van der Waals surface area contributed by atoms with E-state index >= 15 is 17.6 Å². The van der Waals surface area contributed by atoms with E-state index in [0.717, 1.165) is 83.8 Å². The first-order valence-corrected chi connectivity index (χ1v) is 24.9. The summed E-state index contributed by atoms with van der Waals surface area (Å²) in [4.78, 5) is 2.28. The van der Waals surface area contributed by atoms with Crippen LogP contribution in [-0.2, 0) is 16.2 Å². The van der Waals surface area contributed by atoms with Gasteiger partial charge in [0.1, 0.15) is 0 Å². The summed E-state index contributed by atoms with van der Waals surface area (Å²) in [6.07, 6.45) is 3.59. The van der Waals surface area contributed by atoms with Crippen LogP contribution in [0.4, 0.5) is 34.6 Å². The number of nitrogens with zero attached hydrogens (tertiary/aromatic N) is 1. The number of halogens is 4. The highest BCUT2D eigenvalue weighted by atomic mass is 19.2. The molecule has 3 aliphatic carbocycles. The lowest BCUT2D eigenvalue weighted by molar-refractivity contribution is 0.505. The Bertz CT molecular complexity index is 3770. The average molecular weight is 966 g/mol. The molecule has 5 heteroatoms. The fraction of sp³-hybridized carbons (Fsp3) is 0.0725. The van der Waals surface area contributed by atoms with Crippen molar-refractivity contribution in [3.63, 3.8) is 0 Å². The van der Waals surface area contributed by atoms with Crippen molar-refractivity contribution in [2.75, 3.05) is 4.90 Å². The molecule has 0 bridgehead atoms. The second kappa shape index (κ2) is 16.6. The summed E-state index contributed by atoms with van der Waals surface area (Å²) in [6.45, 7) is 12.6. The molecule has 0 fully saturated rings. The van der Waals surface area contributed by atoms with Crippen LogP contribution >= 0.6 is 0 Å². The van der Waals surface area contributed by atoms with Crippen molar-refractivity contribution in [3.8, 4) is 33.4 Å². The summed E-state index contributed by atoms with van der Waals surface area (Å²) in [6, 6.07) is 69.5. The topological polar surface area (TPSA) is 3.24 Å². The van der Waals surface area contributed by atoms with E-state index < -0.39 is 34.1 Å². The van der Waals surface area contributed by atoms with E-state index in [0.29, 0.717) is 11.1 Å². The molecule has 0 radical (unpaired) electrons. The van der Waals surface area contributed by atoms with E-state index in [9.17, 15) is 0 Å². The van der Waals surface area contributed by atoms with E-state index in [1.165, 1.54) is 46.5 Å². The molecule has 10 aromatic rings. The highest BCUT2D eigenvalue weighted by Gasteiger charge is 2.49. The second-order valence-electron chi connectivity index (χ2n) is 20.2. The zero-order valence-electron chi connectivity index (χ0n) is 40.7. The average Bonchev–Trinajstić information content (AvgIpc) is 3.99. The van der Waals surface area contributed by atoms with Gasteiger partial charge in [0.05, 0.1) is 10.8 Å². The summed E-state index contributed by atoms with van der Waals surface area (Å²) >= 11 is 0. The molecule has 0 aliphatic heterocycles. The van der Waals surface area contributed by atoms with Crippen LogP contribution in [0, 0.1) is 23.3 Å². The standard InChI is InChI=1S/C69H47F4N/c1-5-42-19-23-44(24-20-42)68(46-27-35-63(70)65(72)37-46)58-17-11-8-14-52(58)55-33-30-49(40-61(55)68)74(48-29-32-54-51-13-7-10-16-57(51)67(3,4)60(54)39-48)50-31-34-56-53-15-9-12-18-59(53)69(62(56)41-50,45-25-21-43(6-2)22-26-45)47-28-36-64(71)66(73)38-47/h5-41H,1-2H2,3-4H3. The van der Waals surface area contributed by atoms with Gasteiger partial charge in [-0.05, 0) is 161 Å². The smallest absolute Gasteiger partial charge is 0.159 e. The first-order valence-electron chi connectivity index (χ1n) is 24.9. The predicted molar refractivity (Wildman–Crippen MR) is 293 cm³/mol. The van der Waals surface area contributed by atoms with Crippen LogP contribution in [0.15, 0.2) is 225 Å². The molecule has 0 spiro atoms. The van der Waals surface area contributed by atoms with E-state index in [1.54, 1.807) is 24.3 Å². The highest BCUT2D eigenvalue weighted by Crippen LogP contribution is 2.60. The Kier molecular flexibility index (Phi) is 10.1. The van der Waals surface area contributed by atoms with Crippen molar-refractivity contribution >= 4 is 29.2 Å². The van der Waals surface area contributed by atoms with E-state index in [1.807, 2.05) is 48.5 Å². The molecule has 2 unspecified atom stereocenters. The van der Waals surface area contributed by atoms with Crippen molar-refractivity contribution in [2.24, 2.45) is 0 Å². The van der Waals surface area contributed by atoms with Gasteiger partial charge in [-0.1, -0.05) is 191 Å². The normalized spacial score (nSPS) is 17.1. The Morgan fingerprint density at radius 3 is 1.07 bits per heavy atom. The van der Waals surface area contributed by atoms with Gasteiger partial charge in [0, 0.05) is 22.5 Å². The van der Waals surface area contributed by atoms with Crippen LogP contribution < -0.4 is 4.90 Å². The Hall–Kier alpha value is -8.80. The Labute approximate surface area is 428 Å². The zero-order valence-corrected chi connectivity index (χ0v) is 40.7. The van der Waals surface area contributed by atoms with Crippen LogP contribution in [0.1, 0.15) is 80.6 Å². The van der Waals surface area contributed by atoms with Gasteiger partial charge < -0.3 is 4.90 Å². The van der Waals surface area contributed by atoms with Gasteiger partial charge in [-0.25, -0.2) is 17.6 Å². The summed E-state index contributed by atoms with van der Waals surface area (Å²) in [7, 11) is 0. The van der Waals surface area contributed by atoms with Crippen molar-refractivity contribution in [1.82, 2.24) is 0 Å². The van der Waals surface area contributed by atoms with E-state index in [-0.39, 0.29) is 5.41 Å². The monoisotopic (exact) mass is 965 g/mol. The van der Waals surface area contributed by atoms with E-state index in [2.05, 4.69) is 159 Å². The van der Waals surface area contributed by atoms with Crippen LogP contribution in [0.3, 0.4) is 0 Å². The molecule has 0 saturated carbocycles. The van der Waals surface area contributed by atoms with Gasteiger partial charge in [-0.3, -0.25) is 0 Å². The first-order chi connectivity index (χ1) is 36.0. The van der Waals surface area contributed by atoms with Gasteiger partial charge in [0.15, 0.2) is 23.3 Å². The predicted octanol–water partition coefficient (Wildman–Crippen LogP) is 18.0. The molecule has 356 valence electrons. The maximum absolute atomic E-state index is 15.9. The third-order valence-corrected chi connectivity index (χ3v) is 16.3. The number of hydrogen-bond donors (Lipinski definition) is 0. The Morgan fingerprint density at radius 1 is 0.324 bits per heavy atom. The minimum absolute atomic E-state index is 0.328. The fourth-order valence-electron chi connectivity index (χ4n) is 12.9. The van der Waals surface area contributed by atoms with Crippen molar-refractivity contribution in [1.29, 1.82) is 0 Å². The molecule has 3 aliphatic rings. The number of hydrogen-bond acceptors (Lipinski definition) is 1. The maximum Gasteiger partial charge on any atom is 0.159 e. The molecule has 0 heterocycles. The largest absolute Gasteiger partial charge is 0.310 e. The zero-order chi connectivity index (χ0) is 50.7. The summed E-state index contributed by atoms with van der Waals surface area (Å²) < 4.78 is 61.9. The summed E-state index contributed by atoms with van der Waals surface area (Å²) in [5, 5.41) is 0. The molecule has 1 nitrogen and oxygen atoms in total. The van der Waals surface area contributed by atoms with Gasteiger partial charge in [-0.2, -0.15) is 0 Å². The number of anilines is 3. The number of rotatable bonds is 9. The van der Waals surface area contributed by atoms with Crippen LogP contribution in [0.2, 0.25) is 0 Å². The fourth-order valence-corrected chi connectivity index (χ4v) is 12.9. The van der Waals surface area contributed by atoms with E-state index in [4.69, 9.17) is 0 Å². The molecule has 13 rings (SSSR count). The molecular weight excluding hydrogens is 919 g/mol. The van der Waals surface area contributed by atoms with Crippen molar-refractivity contribution < 1.29 is 17.6 Å². The van der Waals surface area contributed by atoms with Crippen LogP contribution in [0.5, 0.6) is 0 Å². The lowest BCUT2D eigenvalue weighted by Crippen LogP contribution is -2.29. The summed E-state index contributed by atoms with van der Waals surface area (Å²) in [5.41, 5.74) is 17.3. The van der Waals surface area contributed by atoms with Gasteiger partial charge in [0.25, 0.3) is 0 Å². The molecule has 10 aromatic carbocycles. The molecule has 2 atom stereocenters. The van der Waals surface area contributed by atoms with Crippen molar-refractivity contribution in [2.45, 2.75) is 30.1 Å².